The molecule has 3 nitrogen and oxygen atoms in total. The third-order valence-electron chi connectivity index (χ3n) is 7.09. The Morgan fingerprint density at radius 1 is 0.657 bits per heavy atom. The number of benzene rings is 5. The van der Waals surface area contributed by atoms with E-state index >= 15 is 0 Å². The summed E-state index contributed by atoms with van der Waals surface area (Å²) < 4.78 is 4.52. The van der Waals surface area contributed by atoms with Crippen molar-refractivity contribution in [3.05, 3.63) is 115 Å². The van der Waals surface area contributed by atoms with E-state index in [-0.39, 0.29) is 0 Å². The highest BCUT2D eigenvalue weighted by molar-refractivity contribution is 6.10. The maximum Gasteiger partial charge on any atom is 0.331 e. The highest BCUT2D eigenvalue weighted by Crippen LogP contribution is 2.36. The molecular weight excluding hydrogens is 426 g/mol. The minimum Gasteiger partial charge on any atom is -0.309 e. The molecule has 0 saturated carbocycles. The van der Waals surface area contributed by atoms with Crippen molar-refractivity contribution >= 4 is 43.5 Å². The number of fused-ring (bicyclic) bond motifs is 6. The topological polar surface area (TPSA) is 21.7 Å². The molecule has 0 aliphatic carbocycles. The van der Waals surface area contributed by atoms with Crippen LogP contribution in [0.4, 0.5) is 0 Å². The second kappa shape index (κ2) is 7.51. The first kappa shape index (κ1) is 19.9. The average molecular weight is 451 g/mol. The molecule has 0 aliphatic heterocycles. The van der Waals surface area contributed by atoms with E-state index in [2.05, 4.69) is 132 Å². The summed E-state index contributed by atoms with van der Waals surface area (Å²) in [6.45, 7) is 2.19. The van der Waals surface area contributed by atoms with Gasteiger partial charge in [0.2, 0.25) is 0 Å². The molecule has 0 bridgehead atoms. The van der Waals surface area contributed by atoms with Gasteiger partial charge in [0.05, 0.1) is 29.0 Å². The summed E-state index contributed by atoms with van der Waals surface area (Å²) in [5.41, 5.74) is 6.98. The van der Waals surface area contributed by atoms with Gasteiger partial charge < -0.3 is 4.57 Å². The molecule has 2 aromatic heterocycles. The number of aromatic nitrogens is 3. The third kappa shape index (κ3) is 2.98. The Hall–Kier alpha value is -4.50. The van der Waals surface area contributed by atoms with Gasteiger partial charge in [0.25, 0.3) is 0 Å². The maximum atomic E-state index is 5.25. The predicted octanol–water partition coefficient (Wildman–Crippen LogP) is 7.29. The van der Waals surface area contributed by atoms with Crippen LogP contribution in [0, 0.1) is 6.92 Å². The fourth-order valence-electron chi connectivity index (χ4n) is 5.43. The van der Waals surface area contributed by atoms with E-state index in [1.807, 2.05) is 0 Å². The number of para-hydroxylation sites is 2. The molecule has 0 spiro atoms. The smallest absolute Gasteiger partial charge is 0.309 e. The van der Waals surface area contributed by atoms with E-state index in [1.54, 1.807) is 0 Å². The highest BCUT2D eigenvalue weighted by atomic mass is 15.0. The Balaban J connectivity index is 1.57. The first-order valence-electron chi connectivity index (χ1n) is 12.0. The van der Waals surface area contributed by atoms with Gasteiger partial charge >= 0.3 is 5.82 Å². The quantitative estimate of drug-likeness (QED) is 0.200. The minimum absolute atomic E-state index is 0.970. The van der Waals surface area contributed by atoms with Crippen LogP contribution >= 0.6 is 0 Å². The summed E-state index contributed by atoms with van der Waals surface area (Å²) in [6, 6.07) is 36.7. The van der Waals surface area contributed by atoms with Crippen LogP contribution in [0.2, 0.25) is 0 Å². The van der Waals surface area contributed by atoms with Gasteiger partial charge in [-0.25, -0.2) is 4.57 Å². The second-order valence-corrected chi connectivity index (χ2v) is 9.27. The molecule has 0 saturated heterocycles. The number of rotatable bonds is 2. The fourth-order valence-corrected chi connectivity index (χ4v) is 5.43. The van der Waals surface area contributed by atoms with Crippen LogP contribution in [0.25, 0.3) is 60.6 Å². The van der Waals surface area contributed by atoms with Gasteiger partial charge in [-0.15, -0.1) is 0 Å². The van der Waals surface area contributed by atoms with E-state index in [1.165, 1.54) is 38.1 Å². The van der Waals surface area contributed by atoms with Crippen LogP contribution in [0.1, 0.15) is 5.56 Å². The zero-order chi connectivity index (χ0) is 23.5. The molecule has 0 amide bonds. The maximum absolute atomic E-state index is 5.25. The molecule has 7 aromatic rings. The van der Waals surface area contributed by atoms with Crippen molar-refractivity contribution in [1.82, 2.24) is 9.55 Å². The van der Waals surface area contributed by atoms with Crippen LogP contribution in [0.3, 0.4) is 0 Å². The lowest BCUT2D eigenvalue weighted by atomic mass is 10.0. The lowest BCUT2D eigenvalue weighted by Crippen LogP contribution is -2.32. The molecule has 166 valence electrons. The highest BCUT2D eigenvalue weighted by Gasteiger charge is 2.22. The molecular formula is C32H24N3+. The molecule has 2 heterocycles. The van der Waals surface area contributed by atoms with Crippen LogP contribution in [-0.2, 0) is 7.05 Å². The van der Waals surface area contributed by atoms with Crippen molar-refractivity contribution in [2.24, 2.45) is 7.05 Å². The summed E-state index contributed by atoms with van der Waals surface area (Å²) in [4.78, 5) is 5.25. The summed E-state index contributed by atoms with van der Waals surface area (Å²) in [5, 5.41) is 6.07. The zero-order valence-electron chi connectivity index (χ0n) is 19.7. The molecule has 0 aliphatic rings. The lowest BCUT2D eigenvalue weighted by Gasteiger charge is -2.10. The summed E-state index contributed by atoms with van der Waals surface area (Å²) in [7, 11) is 2.09. The second-order valence-electron chi connectivity index (χ2n) is 9.27. The van der Waals surface area contributed by atoms with Crippen molar-refractivity contribution in [2.75, 3.05) is 0 Å². The Morgan fingerprint density at radius 3 is 2.23 bits per heavy atom. The molecule has 5 aromatic carbocycles. The first-order valence-corrected chi connectivity index (χ1v) is 12.0. The van der Waals surface area contributed by atoms with Crippen molar-refractivity contribution in [3.63, 3.8) is 0 Å². The Bertz CT molecular complexity index is 1910. The first-order chi connectivity index (χ1) is 17.2. The van der Waals surface area contributed by atoms with E-state index in [9.17, 15) is 0 Å². The molecule has 0 radical (unpaired) electrons. The molecule has 3 heteroatoms. The van der Waals surface area contributed by atoms with Crippen molar-refractivity contribution in [1.29, 1.82) is 0 Å². The van der Waals surface area contributed by atoms with Crippen LogP contribution < -0.4 is 4.57 Å². The van der Waals surface area contributed by atoms with Crippen LogP contribution in [0.5, 0.6) is 0 Å². The van der Waals surface area contributed by atoms with Gasteiger partial charge in [-0.2, -0.15) is 0 Å². The van der Waals surface area contributed by atoms with Crippen molar-refractivity contribution in [3.8, 4) is 17.1 Å². The molecule has 0 N–H and O–H groups in total. The number of aryl methyl sites for hydroxylation is 2. The molecule has 0 unspecified atom stereocenters. The van der Waals surface area contributed by atoms with Gasteiger partial charge in [-0.1, -0.05) is 60.7 Å². The standard InChI is InChI=1S/C32H24N3/c1-21-18-28-26-14-8-9-15-29(26)35(24-11-4-3-5-12-24)30(28)19-27(21)32-33-31-23(20-34(32)2)17-16-22-10-6-7-13-25(22)31/h3-20H,1-2H3/q+1. The van der Waals surface area contributed by atoms with Gasteiger partial charge in [-0.3, -0.25) is 0 Å². The predicted molar refractivity (Wildman–Crippen MR) is 145 cm³/mol. The van der Waals surface area contributed by atoms with Gasteiger partial charge in [0, 0.05) is 21.8 Å². The Labute approximate surface area is 203 Å². The molecule has 0 atom stereocenters. The van der Waals surface area contributed by atoms with Crippen molar-refractivity contribution < 1.29 is 4.57 Å². The zero-order valence-corrected chi connectivity index (χ0v) is 19.7. The Kier molecular flexibility index (Phi) is 4.27. The Morgan fingerprint density at radius 2 is 1.37 bits per heavy atom. The van der Waals surface area contributed by atoms with Gasteiger partial charge in [0.15, 0.2) is 5.52 Å². The minimum atomic E-state index is 0.970. The summed E-state index contributed by atoms with van der Waals surface area (Å²) in [5.74, 6) is 0.970. The number of hydrogen-bond donors (Lipinski definition) is 0. The van der Waals surface area contributed by atoms with E-state index in [4.69, 9.17) is 4.98 Å². The van der Waals surface area contributed by atoms with Crippen LogP contribution in [0.15, 0.2) is 109 Å². The fraction of sp³-hybridized carbons (Fsp3) is 0.0625. The molecule has 0 fully saturated rings. The van der Waals surface area contributed by atoms with Gasteiger partial charge in [-0.05, 0) is 65.3 Å². The number of nitrogens with zero attached hydrogens (tertiary/aromatic N) is 3. The van der Waals surface area contributed by atoms with Crippen LogP contribution in [-0.4, -0.2) is 9.55 Å². The monoisotopic (exact) mass is 450 g/mol. The largest absolute Gasteiger partial charge is 0.331 e. The molecule has 35 heavy (non-hydrogen) atoms. The lowest BCUT2D eigenvalue weighted by molar-refractivity contribution is -0.661. The summed E-state index contributed by atoms with van der Waals surface area (Å²) in [6.07, 6.45) is 2.19. The molecule has 7 rings (SSSR count). The SMILES string of the molecule is Cc1cc2c3ccccc3n(-c3ccccc3)c2cc1-c1nc2c(ccc3ccccc32)c[n+]1C. The van der Waals surface area contributed by atoms with Crippen molar-refractivity contribution in [2.45, 2.75) is 6.92 Å². The third-order valence-corrected chi connectivity index (χ3v) is 7.09. The number of hydrogen-bond acceptors (Lipinski definition) is 1. The normalized spacial score (nSPS) is 11.7. The van der Waals surface area contributed by atoms with E-state index in [0.717, 1.165) is 28.0 Å². The summed E-state index contributed by atoms with van der Waals surface area (Å²) >= 11 is 0. The van der Waals surface area contributed by atoms with E-state index in [0.29, 0.717) is 0 Å². The van der Waals surface area contributed by atoms with Gasteiger partial charge in [0.1, 0.15) is 6.20 Å². The average Bonchev–Trinajstić information content (AvgIpc) is 3.21. The van der Waals surface area contributed by atoms with E-state index < -0.39 is 0 Å².